The molecule has 0 aliphatic carbocycles. The maximum absolute atomic E-state index is 12.8. The minimum absolute atomic E-state index is 0. The fourth-order valence-corrected chi connectivity index (χ4v) is 3.60. The van der Waals surface area contributed by atoms with Crippen LogP contribution in [0.15, 0.2) is 16.6 Å². The second-order valence-corrected chi connectivity index (χ2v) is 6.60. The molecule has 0 spiro atoms. The van der Waals surface area contributed by atoms with Crippen molar-refractivity contribution in [1.82, 2.24) is 10.2 Å². The number of nitrogens with zero attached hydrogens (tertiary/aromatic N) is 1. The number of carbonyl (C=O) groups excluding carboxylic acids is 1. The van der Waals surface area contributed by atoms with E-state index in [-0.39, 0.29) is 18.3 Å². The second-order valence-electron chi connectivity index (χ2n) is 5.75. The van der Waals surface area contributed by atoms with Crippen LogP contribution in [0.25, 0.3) is 0 Å². The highest BCUT2D eigenvalue weighted by molar-refractivity contribution is 9.10. The monoisotopic (exact) mass is 434 g/mol. The predicted octanol–water partition coefficient (Wildman–Crippen LogP) is 3.88. The zero-order valence-electron chi connectivity index (χ0n) is 15.1. The van der Waals surface area contributed by atoms with Crippen LogP contribution in [0.1, 0.15) is 44.0 Å². The van der Waals surface area contributed by atoms with E-state index in [2.05, 4.69) is 33.1 Å². The molecule has 1 aromatic rings. The standard InChI is InChI=1S/C18H27BrN2O3.ClH/c1-4-21-11-7-8-13(21)12-20-18(22)16-15(23-5-2)10-9-14(19)17(16)24-6-3;/h9-10,13H,4-8,11-12H2,1-3H3,(H,20,22);1H/t13-;/m0./s1. The molecule has 0 aromatic heterocycles. The minimum atomic E-state index is -0.147. The van der Waals surface area contributed by atoms with Gasteiger partial charge in [-0.1, -0.05) is 6.92 Å². The van der Waals surface area contributed by atoms with Crippen molar-refractivity contribution in [2.45, 2.75) is 39.7 Å². The Labute approximate surface area is 165 Å². The first-order chi connectivity index (χ1) is 11.6. The molecule has 1 aliphatic rings. The lowest BCUT2D eigenvalue weighted by Gasteiger charge is -2.23. The summed E-state index contributed by atoms with van der Waals surface area (Å²) in [6.45, 7) is 9.74. The third kappa shape index (κ3) is 5.50. The van der Waals surface area contributed by atoms with Crippen LogP contribution in [0.3, 0.4) is 0 Å². The molecule has 1 saturated heterocycles. The second kappa shape index (κ2) is 10.9. The first-order valence-electron chi connectivity index (χ1n) is 8.72. The Morgan fingerprint density at radius 1 is 1.28 bits per heavy atom. The molecule has 1 aromatic carbocycles. The lowest BCUT2D eigenvalue weighted by atomic mass is 10.1. The Kier molecular flexibility index (Phi) is 9.61. The van der Waals surface area contributed by atoms with Crippen molar-refractivity contribution in [3.63, 3.8) is 0 Å². The number of benzene rings is 1. The van der Waals surface area contributed by atoms with Gasteiger partial charge in [-0.2, -0.15) is 0 Å². The van der Waals surface area contributed by atoms with Gasteiger partial charge in [0.05, 0.1) is 17.7 Å². The van der Waals surface area contributed by atoms with Gasteiger partial charge < -0.3 is 14.8 Å². The van der Waals surface area contributed by atoms with Crippen LogP contribution in [0.4, 0.5) is 0 Å². The number of hydrogen-bond donors (Lipinski definition) is 1. The largest absolute Gasteiger partial charge is 0.493 e. The number of rotatable bonds is 8. The van der Waals surface area contributed by atoms with Gasteiger partial charge in [0.15, 0.2) is 0 Å². The van der Waals surface area contributed by atoms with E-state index in [1.165, 1.54) is 6.42 Å². The van der Waals surface area contributed by atoms with Crippen LogP contribution in [0.5, 0.6) is 11.5 Å². The summed E-state index contributed by atoms with van der Waals surface area (Å²) in [5.41, 5.74) is 0.467. The molecule has 142 valence electrons. The average molecular weight is 436 g/mol. The van der Waals surface area contributed by atoms with Crippen LogP contribution in [-0.4, -0.2) is 49.7 Å². The van der Waals surface area contributed by atoms with Gasteiger partial charge in [0, 0.05) is 12.6 Å². The molecule has 2 rings (SSSR count). The van der Waals surface area contributed by atoms with E-state index in [1.54, 1.807) is 6.07 Å². The number of carbonyl (C=O) groups is 1. The average Bonchev–Trinajstić information content (AvgIpc) is 3.03. The van der Waals surface area contributed by atoms with Crippen molar-refractivity contribution >= 4 is 34.2 Å². The van der Waals surface area contributed by atoms with Gasteiger partial charge in [-0.3, -0.25) is 9.69 Å². The molecule has 1 fully saturated rings. The third-order valence-corrected chi connectivity index (χ3v) is 4.91. The molecule has 25 heavy (non-hydrogen) atoms. The molecule has 7 heteroatoms. The lowest BCUT2D eigenvalue weighted by molar-refractivity contribution is 0.0933. The molecule has 1 N–H and O–H groups in total. The van der Waals surface area contributed by atoms with Crippen LogP contribution in [0, 0.1) is 0 Å². The van der Waals surface area contributed by atoms with E-state index in [4.69, 9.17) is 9.47 Å². The van der Waals surface area contributed by atoms with Gasteiger partial charge in [0.2, 0.25) is 0 Å². The van der Waals surface area contributed by atoms with Crippen LogP contribution in [-0.2, 0) is 0 Å². The van der Waals surface area contributed by atoms with Gasteiger partial charge in [-0.15, -0.1) is 12.4 Å². The van der Waals surface area contributed by atoms with Crippen molar-refractivity contribution in [2.24, 2.45) is 0 Å². The summed E-state index contributed by atoms with van der Waals surface area (Å²) in [5.74, 6) is 0.950. The zero-order valence-corrected chi connectivity index (χ0v) is 17.5. The SMILES string of the molecule is CCOc1ccc(Br)c(OCC)c1C(=O)NC[C@@H]1CCCN1CC.Cl. The van der Waals surface area contributed by atoms with Crippen molar-refractivity contribution in [3.05, 3.63) is 22.2 Å². The lowest BCUT2D eigenvalue weighted by Crippen LogP contribution is -2.40. The molecule has 1 aliphatic heterocycles. The Morgan fingerprint density at radius 3 is 2.64 bits per heavy atom. The molecule has 0 radical (unpaired) electrons. The summed E-state index contributed by atoms with van der Waals surface area (Å²) < 4.78 is 12.1. The number of hydrogen-bond acceptors (Lipinski definition) is 4. The highest BCUT2D eigenvalue weighted by atomic mass is 79.9. The predicted molar refractivity (Wildman–Crippen MR) is 106 cm³/mol. The van der Waals surface area contributed by atoms with E-state index in [0.29, 0.717) is 42.9 Å². The molecule has 0 saturated carbocycles. The van der Waals surface area contributed by atoms with E-state index in [0.717, 1.165) is 24.0 Å². The molecule has 0 unspecified atom stereocenters. The minimum Gasteiger partial charge on any atom is -0.493 e. The number of halogens is 2. The fraction of sp³-hybridized carbons (Fsp3) is 0.611. The van der Waals surface area contributed by atoms with Crippen molar-refractivity contribution in [3.8, 4) is 11.5 Å². The highest BCUT2D eigenvalue weighted by Crippen LogP contribution is 2.36. The van der Waals surface area contributed by atoms with Crippen LogP contribution in [0.2, 0.25) is 0 Å². The maximum Gasteiger partial charge on any atom is 0.258 e. The number of ether oxygens (including phenoxy) is 2. The summed E-state index contributed by atoms with van der Waals surface area (Å²) in [4.78, 5) is 15.2. The molecule has 5 nitrogen and oxygen atoms in total. The third-order valence-electron chi connectivity index (χ3n) is 4.29. The summed E-state index contributed by atoms with van der Waals surface area (Å²) in [6.07, 6.45) is 2.32. The Morgan fingerprint density at radius 2 is 2.00 bits per heavy atom. The van der Waals surface area contributed by atoms with Gasteiger partial charge in [0.1, 0.15) is 17.1 Å². The van der Waals surface area contributed by atoms with Gasteiger partial charge in [-0.25, -0.2) is 0 Å². The number of likely N-dealkylation sites (tertiary alicyclic amines) is 1. The van der Waals surface area contributed by atoms with Crippen molar-refractivity contribution < 1.29 is 14.3 Å². The van der Waals surface area contributed by atoms with E-state index < -0.39 is 0 Å². The summed E-state index contributed by atoms with van der Waals surface area (Å²) in [7, 11) is 0. The summed E-state index contributed by atoms with van der Waals surface area (Å²) in [6, 6.07) is 4.07. The van der Waals surface area contributed by atoms with Crippen LogP contribution < -0.4 is 14.8 Å². The smallest absolute Gasteiger partial charge is 0.258 e. The topological polar surface area (TPSA) is 50.8 Å². The van der Waals surface area contributed by atoms with Crippen molar-refractivity contribution in [2.75, 3.05) is 32.8 Å². The molecular formula is C18H28BrClN2O3. The van der Waals surface area contributed by atoms with Gasteiger partial charge in [0.25, 0.3) is 5.91 Å². The molecular weight excluding hydrogens is 408 g/mol. The normalized spacial score (nSPS) is 17.0. The first-order valence-corrected chi connectivity index (χ1v) is 9.51. The maximum atomic E-state index is 12.8. The molecule has 0 bridgehead atoms. The number of nitrogens with one attached hydrogen (secondary N) is 1. The summed E-state index contributed by atoms with van der Waals surface area (Å²) in [5, 5.41) is 3.07. The Balaban J connectivity index is 0.00000312. The zero-order chi connectivity index (χ0) is 17.5. The summed E-state index contributed by atoms with van der Waals surface area (Å²) >= 11 is 3.47. The molecule has 1 atom stereocenters. The number of amides is 1. The fourth-order valence-electron chi connectivity index (χ4n) is 3.16. The van der Waals surface area contributed by atoms with Crippen molar-refractivity contribution in [1.29, 1.82) is 0 Å². The molecule has 1 heterocycles. The van der Waals surface area contributed by atoms with Gasteiger partial charge >= 0.3 is 0 Å². The van der Waals surface area contributed by atoms with E-state index in [1.807, 2.05) is 19.9 Å². The van der Waals surface area contributed by atoms with Gasteiger partial charge in [-0.05, 0) is 67.8 Å². The van der Waals surface area contributed by atoms with Crippen LogP contribution >= 0.6 is 28.3 Å². The first kappa shape index (κ1) is 22.1. The van der Waals surface area contributed by atoms with E-state index >= 15 is 0 Å². The molecule has 1 amide bonds. The Bertz CT molecular complexity index is 571. The van der Waals surface area contributed by atoms with E-state index in [9.17, 15) is 4.79 Å². The number of likely N-dealkylation sites (N-methyl/N-ethyl adjacent to an activating group) is 1. The Hall–Kier alpha value is -0.980. The highest BCUT2D eigenvalue weighted by Gasteiger charge is 2.26. The quantitative estimate of drug-likeness (QED) is 0.673.